The molecule has 0 fully saturated rings. The zero-order chi connectivity index (χ0) is 102. The van der Waals surface area contributed by atoms with Crippen molar-refractivity contribution >= 4 is 143 Å². The van der Waals surface area contributed by atoms with E-state index in [4.69, 9.17) is 88.6 Å². The first-order valence-electron chi connectivity index (χ1n) is 41.8. The van der Waals surface area contributed by atoms with E-state index in [-0.39, 0.29) is 56.5 Å². The molecule has 0 atom stereocenters. The molecule has 0 aliphatic carbocycles. The van der Waals surface area contributed by atoms with Crippen LogP contribution in [0.15, 0.2) is 319 Å². The van der Waals surface area contributed by atoms with Crippen LogP contribution in [-0.4, -0.2) is 152 Å². The standard InChI is InChI=1S/C27H21ClN4O2.C18H16ClN3O3.C11H10O3.C10H10O4.C9H8N2.C7H6BrCl.C7H6ClN3.C7H7N3O2S.C5H11O4P.CH4/c28-24-7-2-19(3-8-24)16-32-17-27(30-31-32)21-5-9-26(10-6-21)34-18-25(33)14-20-1-4-23-15-29-12-11-22(23)13-20;1-24-18(23)12-25-16-8-4-14(5-9-16)17-11-22(21-20-17)10-13-2-6-15(19)7-3-13;1-3-9-4-6-10(7-5-9)14-8-11(12)13-2;1-13-10(12)7-14-9-4-2-8(6-11)3-5-9;10-9-2-1-8-6-11-4-3-7(8)5-9;8-5-6-1-3-7(9)4-2-6;8-7-3-1-6(2-4-7)5-10-11-9;1-6-2-4-7(5-3-6)13(11,12)10-9-8;1-5(6)4-10(7,8-2)9-3;/h1-13,15,17H,14,16,18H2;2-9,11H,10,12H2,1H3;1,4-7H,8H2,2H3;2-6H,7H2,1H3;1-6H,10H2;1-4H,5H2;1-4H,5H2;2-5H,1H3;4H2,1-3H3;1H4. The number of terminal acetylenes is 1. The van der Waals surface area contributed by atoms with E-state index in [1.165, 1.54) is 60.2 Å². The summed E-state index contributed by atoms with van der Waals surface area (Å²) >= 11 is 26.5. The molecule has 4 aromatic heterocycles. The van der Waals surface area contributed by atoms with Crippen molar-refractivity contribution in [3.63, 3.8) is 0 Å². The summed E-state index contributed by atoms with van der Waals surface area (Å²) in [5.41, 5.74) is 33.4. The Hall–Kier alpha value is -15.1. The number of esters is 3. The average molecular weight is 2110 g/mol. The lowest BCUT2D eigenvalue weighted by molar-refractivity contribution is -0.143. The van der Waals surface area contributed by atoms with Crippen molar-refractivity contribution < 1.29 is 84.0 Å². The first kappa shape index (κ1) is 116. The van der Waals surface area contributed by atoms with Gasteiger partial charge in [0, 0.05) is 124 Å². The number of nitrogens with zero attached hydrogens (tertiary/aromatic N) is 14. The molecule has 0 amide bonds. The Morgan fingerprint density at radius 1 is 0.507 bits per heavy atom. The first-order chi connectivity index (χ1) is 67.9. The van der Waals surface area contributed by atoms with E-state index in [1.807, 2.05) is 202 Å². The van der Waals surface area contributed by atoms with Gasteiger partial charge in [-0.3, -0.25) is 28.9 Å². The van der Waals surface area contributed by atoms with Crippen LogP contribution in [0.5, 0.6) is 23.0 Å². The number of alkyl halides is 1. The van der Waals surface area contributed by atoms with Gasteiger partial charge in [-0.25, -0.2) is 32.2 Å². The first-order valence-corrected chi connectivity index (χ1v) is 47.6. The van der Waals surface area contributed by atoms with Gasteiger partial charge in [-0.1, -0.05) is 182 Å². The second-order valence-electron chi connectivity index (χ2n) is 29.0. The zero-order valence-corrected chi connectivity index (χ0v) is 83.3. The summed E-state index contributed by atoms with van der Waals surface area (Å²) < 4.78 is 83.2. The quantitative estimate of drug-likeness (QED) is 0.00417. The molecule has 4 heterocycles. The van der Waals surface area contributed by atoms with Gasteiger partial charge in [0.05, 0.1) is 58.3 Å². The number of fused-ring (bicyclic) bond motifs is 2. The highest BCUT2D eigenvalue weighted by molar-refractivity contribution is 9.08. The Bertz CT molecular complexity index is 6830. The molecule has 142 heavy (non-hydrogen) atoms. The van der Waals surface area contributed by atoms with E-state index >= 15 is 0 Å². The van der Waals surface area contributed by atoms with Crippen LogP contribution < -0.4 is 24.7 Å². The van der Waals surface area contributed by atoms with Gasteiger partial charge in [-0.15, -0.1) is 16.6 Å². The monoisotopic (exact) mass is 2100 g/mol. The van der Waals surface area contributed by atoms with Crippen molar-refractivity contribution in [2.75, 3.05) is 73.9 Å². The highest BCUT2D eigenvalue weighted by atomic mass is 79.9. The lowest BCUT2D eigenvalue weighted by atomic mass is 10.1. The number of aryl methyl sites for hydroxylation is 1. The van der Waals surface area contributed by atoms with E-state index in [0.29, 0.717) is 69.7 Å². The fraction of sp³-hybridized carbons (Fsp3) is 0.176. The molecule has 0 saturated heterocycles. The van der Waals surface area contributed by atoms with Crippen LogP contribution in [0.3, 0.4) is 0 Å². The summed E-state index contributed by atoms with van der Waals surface area (Å²) in [4.78, 5) is 78.7. The van der Waals surface area contributed by atoms with E-state index in [0.717, 1.165) is 99.8 Å². The third-order valence-corrected chi connectivity index (χ3v) is 23.3. The van der Waals surface area contributed by atoms with E-state index < -0.39 is 35.5 Å². The summed E-state index contributed by atoms with van der Waals surface area (Å²) in [6.07, 6.45) is 17.0. The minimum Gasteiger partial charge on any atom is -0.486 e. The molecule has 0 aliphatic heterocycles. The number of carbonyl (C=O) groups is 6. The molecule has 0 saturated carbocycles. The van der Waals surface area contributed by atoms with Crippen LogP contribution >= 0.6 is 69.9 Å². The van der Waals surface area contributed by atoms with Gasteiger partial charge >= 0.3 is 25.5 Å². The maximum atomic E-state index is 12.4. The maximum Gasteiger partial charge on any atom is 0.343 e. The Labute approximate surface area is 849 Å². The van der Waals surface area contributed by atoms with Crippen LogP contribution in [-0.2, 0) is 93.2 Å². The summed E-state index contributed by atoms with van der Waals surface area (Å²) in [6.45, 7) is 4.47. The number of benzene rings is 11. The molecule has 0 spiro atoms. The summed E-state index contributed by atoms with van der Waals surface area (Å²) in [5.74, 6) is 3.37. The number of hydrogen-bond donors (Lipinski definition) is 1. The smallest absolute Gasteiger partial charge is 0.343 e. The molecule has 33 nitrogen and oxygen atoms in total. The van der Waals surface area contributed by atoms with Crippen molar-refractivity contribution in [3.8, 4) is 57.9 Å². The highest BCUT2D eigenvalue weighted by Crippen LogP contribution is 2.46. The summed E-state index contributed by atoms with van der Waals surface area (Å²) in [6, 6.07) is 80.1. The van der Waals surface area contributed by atoms with E-state index in [2.05, 4.69) is 95.2 Å². The van der Waals surface area contributed by atoms with Crippen molar-refractivity contribution in [2.24, 2.45) is 9.63 Å². The van der Waals surface area contributed by atoms with Crippen LogP contribution in [0.2, 0.25) is 20.1 Å². The molecule has 2 N–H and O–H groups in total. The second kappa shape index (κ2) is 62.7. The summed E-state index contributed by atoms with van der Waals surface area (Å²) in [5, 5.41) is 28.4. The molecule has 0 radical (unpaired) electrons. The Morgan fingerprint density at radius 2 is 0.901 bits per heavy atom. The fourth-order valence-corrected chi connectivity index (χ4v) is 13.8. The molecule has 736 valence electrons. The van der Waals surface area contributed by atoms with Gasteiger partial charge in [0.2, 0.25) is 0 Å². The number of aldehydes is 1. The number of nitrogens with two attached hydrogens (primary N) is 1. The van der Waals surface area contributed by atoms with Crippen molar-refractivity contribution in [3.05, 3.63) is 390 Å². The number of ether oxygens (including phenoxy) is 7. The van der Waals surface area contributed by atoms with Crippen LogP contribution in [0, 0.1) is 19.3 Å². The van der Waals surface area contributed by atoms with Gasteiger partial charge in [-0.05, 0) is 245 Å². The van der Waals surface area contributed by atoms with Gasteiger partial charge in [-0.2, -0.15) is 0 Å². The van der Waals surface area contributed by atoms with E-state index in [9.17, 15) is 41.8 Å². The molecule has 0 unspecified atom stereocenters. The predicted molar refractivity (Wildman–Crippen MR) is 553 cm³/mol. The zero-order valence-electron chi connectivity index (χ0n) is 77.0. The number of Topliss-reactive ketones (excluding diaryl/α,β-unsaturated/α-hetero) is 2. The lowest BCUT2D eigenvalue weighted by Gasteiger charge is -2.10. The molecular formula is C102H99BrCl4N15O18PS. The number of halogens is 5. The van der Waals surface area contributed by atoms with Gasteiger partial charge in [0.1, 0.15) is 59.2 Å². The molecular weight excluding hydrogens is 2010 g/mol. The van der Waals surface area contributed by atoms with Gasteiger partial charge < -0.3 is 47.9 Å². The highest BCUT2D eigenvalue weighted by Gasteiger charge is 2.23. The normalized spacial score (nSPS) is 10.1. The van der Waals surface area contributed by atoms with Crippen molar-refractivity contribution in [1.82, 2.24) is 40.0 Å². The number of carbonyl (C=O) groups excluding carboxylic acids is 6. The molecule has 15 rings (SSSR count). The number of sulfonamides is 1. The number of hydrogen-bond acceptors (Lipinski definition) is 26. The number of nitrogen functional groups attached to an aromatic ring is 1. The second-order valence-corrected chi connectivity index (χ2v) is 35.1. The Kier molecular flexibility index (Phi) is 51.1. The average Bonchev–Trinajstić information content (AvgIpc) is 1.80. The number of anilines is 1. The van der Waals surface area contributed by atoms with Crippen molar-refractivity contribution in [2.45, 2.75) is 57.6 Å². The minimum atomic E-state index is -3.82. The van der Waals surface area contributed by atoms with Gasteiger partial charge in [0.25, 0.3) is 10.0 Å². The number of azide groups is 2. The lowest BCUT2D eigenvalue weighted by Crippen LogP contribution is -2.13. The number of rotatable bonds is 30. The molecule has 0 aliphatic rings. The van der Waals surface area contributed by atoms with E-state index in [1.54, 1.807) is 107 Å². The molecule has 11 aromatic carbocycles. The number of ketones is 2. The third-order valence-electron chi connectivity index (χ3n) is 18.6. The van der Waals surface area contributed by atoms with Crippen molar-refractivity contribution in [1.29, 1.82) is 0 Å². The van der Waals surface area contributed by atoms with Crippen LogP contribution in [0.25, 0.3) is 64.9 Å². The molecule has 0 bridgehead atoms. The van der Waals surface area contributed by atoms with Crippen LogP contribution in [0.4, 0.5) is 5.69 Å². The molecule has 15 aromatic rings. The predicted octanol–water partition coefficient (Wildman–Crippen LogP) is 22.7. The third kappa shape index (κ3) is 43.5. The number of methoxy groups -OCH3 is 3. The summed E-state index contributed by atoms with van der Waals surface area (Å²) in [7, 11) is -0.464. The van der Waals surface area contributed by atoms with Crippen LogP contribution in [0.1, 0.15) is 63.7 Å². The Morgan fingerprint density at radius 3 is 1.29 bits per heavy atom. The Balaban J connectivity index is 0.000000255. The van der Waals surface area contributed by atoms with Gasteiger partial charge in [0.15, 0.2) is 25.6 Å². The SMILES string of the molecule is C.C#Cc1ccc(OCC(=O)OC)cc1.COC(=O)COc1ccc(-c2cn(Cc3ccc(Cl)cc3)nn2)cc1.COC(=O)COc1ccc(C=O)cc1.COP(=O)(CC(C)=O)OC.Cc1ccc(S(=O)(=O)N=[N+]=[N-])cc1.Clc1ccc(CBr)cc1.Nc1ccc2cnccc2c1.O=C(COc1ccc(-c2cn(Cc3ccc(Cl)cc3)nn2)cc1)Cc1ccc2cnccc2c1.[N-]=[N+]=NCc1ccc(Cl)cc1. The topological polar surface area (TPSA) is 447 Å². The largest absolute Gasteiger partial charge is 0.486 e. The fourth-order valence-electron chi connectivity index (χ4n) is 11.3. The maximum absolute atomic E-state index is 12.4. The minimum absolute atomic E-state index is 0. The number of pyridine rings is 2. The number of aromatic nitrogens is 8. The molecule has 40 heteroatoms.